The zero-order valence-corrected chi connectivity index (χ0v) is 21.3. The summed E-state index contributed by atoms with van der Waals surface area (Å²) in [6.07, 6.45) is 0.964. The van der Waals surface area contributed by atoms with Crippen LogP contribution in [0, 0.1) is 0 Å². The van der Waals surface area contributed by atoms with Crippen LogP contribution in [0.3, 0.4) is 0 Å². The molecule has 2 aromatic rings. The number of hydrogen-bond acceptors (Lipinski definition) is 5. The Morgan fingerprint density at radius 2 is 1.61 bits per heavy atom. The molecule has 0 saturated carbocycles. The monoisotopic (exact) mass is 543 g/mol. The summed E-state index contributed by atoms with van der Waals surface area (Å²) in [6, 6.07) is 14.1. The van der Waals surface area contributed by atoms with Gasteiger partial charge in [-0.15, -0.1) is 24.0 Å². The number of benzene rings is 2. The fourth-order valence-electron chi connectivity index (χ4n) is 3.00. The van der Waals surface area contributed by atoms with Crippen LogP contribution in [-0.4, -0.2) is 47.5 Å². The van der Waals surface area contributed by atoms with Crippen LogP contribution in [0.15, 0.2) is 47.5 Å². The summed E-state index contributed by atoms with van der Waals surface area (Å²) >= 11 is 0. The predicted molar refractivity (Wildman–Crippen MR) is 135 cm³/mol. The third kappa shape index (κ3) is 8.45. The van der Waals surface area contributed by atoms with Crippen LogP contribution in [0.5, 0.6) is 17.2 Å². The minimum Gasteiger partial charge on any atom is -0.493 e. The van der Waals surface area contributed by atoms with E-state index in [0.717, 1.165) is 24.5 Å². The second kappa shape index (κ2) is 14.7. The number of halogens is 1. The molecule has 0 radical (unpaired) electrons. The number of nitrogens with zero attached hydrogens (tertiary/aromatic N) is 1. The van der Waals surface area contributed by atoms with Crippen LogP contribution < -0.4 is 24.8 Å². The predicted octanol–water partition coefficient (Wildman–Crippen LogP) is 4.16. The van der Waals surface area contributed by atoms with Gasteiger partial charge in [-0.3, -0.25) is 4.99 Å². The van der Waals surface area contributed by atoms with Crippen LogP contribution >= 0.6 is 24.0 Å². The number of guanidine groups is 1. The zero-order chi connectivity index (χ0) is 21.8. The Balaban J connectivity index is 0.00000480. The van der Waals surface area contributed by atoms with Crippen molar-refractivity contribution in [3.8, 4) is 17.2 Å². The largest absolute Gasteiger partial charge is 0.493 e. The zero-order valence-electron chi connectivity index (χ0n) is 18.9. The van der Waals surface area contributed by atoms with Crippen LogP contribution in [0.2, 0.25) is 0 Å². The number of nitrogens with one attached hydrogen (secondary N) is 2. The first-order chi connectivity index (χ1) is 14.6. The van der Waals surface area contributed by atoms with Crippen molar-refractivity contribution in [1.82, 2.24) is 10.6 Å². The molecule has 2 aromatic carbocycles. The van der Waals surface area contributed by atoms with Gasteiger partial charge in [-0.2, -0.15) is 0 Å². The third-order valence-corrected chi connectivity index (χ3v) is 4.66. The highest BCUT2D eigenvalue weighted by Gasteiger charge is 2.13. The normalized spacial score (nSPS) is 11.8. The molecule has 0 bridgehead atoms. The van der Waals surface area contributed by atoms with Crippen molar-refractivity contribution in [3.63, 3.8) is 0 Å². The van der Waals surface area contributed by atoms with Crippen molar-refractivity contribution in [2.75, 3.05) is 41.5 Å². The Morgan fingerprint density at radius 3 is 2.16 bits per heavy atom. The highest BCUT2D eigenvalue weighted by atomic mass is 127. The van der Waals surface area contributed by atoms with Crippen molar-refractivity contribution in [2.24, 2.45) is 4.99 Å². The van der Waals surface area contributed by atoms with Gasteiger partial charge < -0.3 is 29.6 Å². The number of ether oxygens (including phenoxy) is 4. The number of hydrogen-bond donors (Lipinski definition) is 2. The summed E-state index contributed by atoms with van der Waals surface area (Å²) in [5.41, 5.74) is 2.18. The molecule has 7 nitrogen and oxygen atoms in total. The van der Waals surface area contributed by atoms with E-state index < -0.39 is 0 Å². The third-order valence-electron chi connectivity index (χ3n) is 4.66. The molecule has 2 rings (SSSR count). The van der Waals surface area contributed by atoms with E-state index in [1.807, 2.05) is 30.3 Å². The van der Waals surface area contributed by atoms with E-state index in [4.69, 9.17) is 18.9 Å². The van der Waals surface area contributed by atoms with Gasteiger partial charge in [-0.05, 0) is 36.6 Å². The van der Waals surface area contributed by atoms with Gasteiger partial charge in [0.25, 0.3) is 0 Å². The van der Waals surface area contributed by atoms with E-state index in [1.54, 1.807) is 28.4 Å². The Hall–Kier alpha value is -2.20. The molecule has 1 unspecified atom stereocenters. The molecule has 0 amide bonds. The van der Waals surface area contributed by atoms with Gasteiger partial charge in [0, 0.05) is 26.7 Å². The lowest BCUT2D eigenvalue weighted by molar-refractivity contribution is 0.0646. The molecule has 0 aliphatic heterocycles. The average molecular weight is 543 g/mol. The van der Waals surface area contributed by atoms with Crippen molar-refractivity contribution in [2.45, 2.75) is 26.0 Å². The summed E-state index contributed by atoms with van der Waals surface area (Å²) < 4.78 is 22.1. The molecule has 1 atom stereocenters. The summed E-state index contributed by atoms with van der Waals surface area (Å²) in [7, 11) is 6.55. The number of aliphatic imine (C=N–C) groups is 1. The molecule has 0 aliphatic rings. The fourth-order valence-corrected chi connectivity index (χ4v) is 3.00. The second-order valence-corrected chi connectivity index (χ2v) is 6.66. The van der Waals surface area contributed by atoms with Crippen LogP contribution in [0.4, 0.5) is 0 Å². The maximum atomic E-state index is 5.91. The molecule has 0 aliphatic carbocycles. The van der Waals surface area contributed by atoms with Crippen LogP contribution in [0.25, 0.3) is 0 Å². The van der Waals surface area contributed by atoms with Gasteiger partial charge in [0.05, 0.1) is 27.4 Å². The highest BCUT2D eigenvalue weighted by Crippen LogP contribution is 2.38. The van der Waals surface area contributed by atoms with Gasteiger partial charge in [-0.1, -0.05) is 30.3 Å². The molecule has 0 heterocycles. The molecule has 0 spiro atoms. The van der Waals surface area contributed by atoms with E-state index in [0.29, 0.717) is 30.4 Å². The van der Waals surface area contributed by atoms with Crippen LogP contribution in [0.1, 0.15) is 30.6 Å². The molecular formula is C23H34IN3O4. The first kappa shape index (κ1) is 26.8. The Labute approximate surface area is 202 Å². The number of rotatable bonds is 11. The van der Waals surface area contributed by atoms with Crippen LogP contribution in [-0.2, 0) is 11.3 Å². The van der Waals surface area contributed by atoms with E-state index in [-0.39, 0.29) is 30.1 Å². The molecule has 0 saturated heterocycles. The van der Waals surface area contributed by atoms with Gasteiger partial charge in [0.15, 0.2) is 17.5 Å². The smallest absolute Gasteiger partial charge is 0.203 e. The molecular weight excluding hydrogens is 509 g/mol. The summed E-state index contributed by atoms with van der Waals surface area (Å²) in [5.74, 6) is 2.55. The lowest BCUT2D eigenvalue weighted by Gasteiger charge is -2.16. The molecule has 2 N–H and O–H groups in total. The van der Waals surface area contributed by atoms with E-state index in [9.17, 15) is 0 Å². The van der Waals surface area contributed by atoms with Gasteiger partial charge >= 0.3 is 0 Å². The summed E-state index contributed by atoms with van der Waals surface area (Å²) in [6.45, 7) is 4.07. The number of methoxy groups -OCH3 is 3. The fraction of sp³-hybridized carbons (Fsp3) is 0.435. The molecule has 172 valence electrons. The maximum Gasteiger partial charge on any atom is 0.203 e. The molecule has 31 heavy (non-hydrogen) atoms. The Bertz CT molecular complexity index is 778. The summed E-state index contributed by atoms with van der Waals surface area (Å²) in [5, 5.41) is 6.60. The minimum atomic E-state index is 0. The second-order valence-electron chi connectivity index (χ2n) is 6.66. The molecule has 0 aromatic heterocycles. The minimum absolute atomic E-state index is 0. The topological polar surface area (TPSA) is 73.3 Å². The first-order valence-corrected chi connectivity index (χ1v) is 10.0. The van der Waals surface area contributed by atoms with E-state index >= 15 is 0 Å². The van der Waals surface area contributed by atoms with Crippen molar-refractivity contribution < 1.29 is 18.9 Å². The summed E-state index contributed by atoms with van der Waals surface area (Å²) in [4.78, 5) is 4.27. The first-order valence-electron chi connectivity index (χ1n) is 10.0. The van der Waals surface area contributed by atoms with Gasteiger partial charge in [-0.25, -0.2) is 0 Å². The van der Waals surface area contributed by atoms with Crippen molar-refractivity contribution in [1.29, 1.82) is 0 Å². The lowest BCUT2D eigenvalue weighted by Crippen LogP contribution is -2.37. The van der Waals surface area contributed by atoms with Gasteiger partial charge in [0.2, 0.25) is 5.75 Å². The molecule has 0 fully saturated rings. The Kier molecular flexibility index (Phi) is 12.8. The van der Waals surface area contributed by atoms with E-state index in [2.05, 4.69) is 34.7 Å². The SMILES string of the molecule is CN=C(NCCCOC(C)c1ccccc1)NCc1cc(OC)c(OC)c(OC)c1.I. The van der Waals surface area contributed by atoms with Crippen molar-refractivity contribution in [3.05, 3.63) is 53.6 Å². The average Bonchev–Trinajstić information content (AvgIpc) is 2.80. The lowest BCUT2D eigenvalue weighted by atomic mass is 10.1. The Morgan fingerprint density at radius 1 is 0.968 bits per heavy atom. The highest BCUT2D eigenvalue weighted by molar-refractivity contribution is 14.0. The van der Waals surface area contributed by atoms with Gasteiger partial charge in [0.1, 0.15) is 0 Å². The van der Waals surface area contributed by atoms with Crippen molar-refractivity contribution >= 4 is 29.9 Å². The van der Waals surface area contributed by atoms with E-state index in [1.165, 1.54) is 5.56 Å². The quantitative estimate of drug-likeness (QED) is 0.192. The standard InChI is InChI=1S/C23H33N3O4.HI/c1-17(19-10-7-6-8-11-19)30-13-9-12-25-23(24-2)26-16-18-14-20(27-3)22(29-5)21(15-18)28-4;/h6-8,10-11,14-15,17H,9,12-13,16H2,1-5H3,(H2,24,25,26);1H. The molecule has 8 heteroatoms. The maximum absolute atomic E-state index is 5.91.